The van der Waals surface area contributed by atoms with E-state index in [0.717, 1.165) is 47.0 Å². The largest absolute Gasteiger partial charge is 0.350 e. The number of nitrogens with zero attached hydrogens (tertiary/aromatic N) is 2. The lowest BCUT2D eigenvalue weighted by Gasteiger charge is -2.21. The normalized spacial score (nSPS) is 18.3. The summed E-state index contributed by atoms with van der Waals surface area (Å²) in [6.45, 7) is 6.78. The van der Waals surface area contributed by atoms with Gasteiger partial charge in [-0.25, -0.2) is 15.3 Å². The molecule has 1 saturated heterocycles. The third-order valence-corrected chi connectivity index (χ3v) is 5.98. The molecule has 0 radical (unpaired) electrons. The highest BCUT2D eigenvalue weighted by molar-refractivity contribution is 7.29. The number of aromatic nitrogens is 1. The molecular weight excluding hydrogens is 334 g/mol. The topological polar surface area (TPSA) is 63.7 Å². The van der Waals surface area contributed by atoms with Gasteiger partial charge >= 0.3 is 0 Å². The van der Waals surface area contributed by atoms with Crippen LogP contribution in [-0.4, -0.2) is 36.9 Å². The molecule has 1 atom stereocenters. The number of anilines is 1. The van der Waals surface area contributed by atoms with Crippen LogP contribution in [0.1, 0.15) is 42.8 Å². The van der Waals surface area contributed by atoms with E-state index in [9.17, 15) is 4.79 Å². The molecular formula is C15H21N3O3S2. The van der Waals surface area contributed by atoms with Gasteiger partial charge in [0.05, 0.1) is 9.58 Å². The standard InChI is InChI=1S/C15H21N3O3S2/c1-3-18(4-2)15-16-14-11(23-15)9-10(22-14)13(19)17-21-12-7-5-6-8-20-12/h9,12H,3-8H2,1-2H3,(H,17,19)/t12-/m1/s1. The van der Waals surface area contributed by atoms with Crippen LogP contribution in [0.4, 0.5) is 5.13 Å². The third kappa shape index (κ3) is 3.82. The molecule has 1 aliphatic heterocycles. The fourth-order valence-electron chi connectivity index (χ4n) is 2.44. The number of amides is 1. The predicted octanol–water partition coefficient (Wildman–Crippen LogP) is 3.39. The Hall–Kier alpha value is -1.22. The van der Waals surface area contributed by atoms with Crippen LogP contribution < -0.4 is 10.4 Å². The number of thiophene rings is 1. The molecule has 0 aromatic carbocycles. The van der Waals surface area contributed by atoms with Crippen molar-refractivity contribution in [1.82, 2.24) is 10.5 Å². The Morgan fingerprint density at radius 2 is 2.26 bits per heavy atom. The van der Waals surface area contributed by atoms with Crippen LogP contribution in [0, 0.1) is 0 Å². The number of carbonyl (C=O) groups excluding carboxylic acids is 1. The van der Waals surface area contributed by atoms with Crippen LogP contribution in [0.5, 0.6) is 0 Å². The maximum Gasteiger partial charge on any atom is 0.285 e. The summed E-state index contributed by atoms with van der Waals surface area (Å²) >= 11 is 3.01. The molecule has 3 rings (SSSR count). The Kier molecular flexibility index (Phi) is 5.47. The number of ether oxygens (including phenoxy) is 1. The molecule has 1 fully saturated rings. The number of thiazole rings is 1. The molecule has 1 N–H and O–H groups in total. The van der Waals surface area contributed by atoms with Crippen molar-refractivity contribution in [2.75, 3.05) is 24.6 Å². The summed E-state index contributed by atoms with van der Waals surface area (Å²) in [6, 6.07) is 1.88. The van der Waals surface area contributed by atoms with Crippen molar-refractivity contribution in [3.05, 3.63) is 10.9 Å². The Labute approximate surface area is 143 Å². The van der Waals surface area contributed by atoms with Crippen LogP contribution in [0.2, 0.25) is 0 Å². The van der Waals surface area contributed by atoms with Crippen LogP contribution in [0.15, 0.2) is 6.07 Å². The van der Waals surface area contributed by atoms with E-state index >= 15 is 0 Å². The maximum absolute atomic E-state index is 12.2. The van der Waals surface area contributed by atoms with E-state index in [4.69, 9.17) is 9.57 Å². The molecule has 3 heterocycles. The van der Waals surface area contributed by atoms with Gasteiger partial charge in [0.15, 0.2) is 11.4 Å². The monoisotopic (exact) mass is 355 g/mol. The molecule has 0 spiro atoms. The zero-order valence-electron chi connectivity index (χ0n) is 13.3. The van der Waals surface area contributed by atoms with Crippen molar-refractivity contribution in [3.63, 3.8) is 0 Å². The molecule has 0 saturated carbocycles. The Balaban J connectivity index is 1.63. The lowest BCUT2D eigenvalue weighted by molar-refractivity contribution is -0.186. The minimum atomic E-state index is -0.332. The lowest BCUT2D eigenvalue weighted by Crippen LogP contribution is -2.32. The van der Waals surface area contributed by atoms with E-state index in [2.05, 4.69) is 29.2 Å². The Morgan fingerprint density at radius 3 is 2.91 bits per heavy atom. The lowest BCUT2D eigenvalue weighted by atomic mass is 10.2. The summed E-state index contributed by atoms with van der Waals surface area (Å²) in [7, 11) is 0. The molecule has 23 heavy (non-hydrogen) atoms. The maximum atomic E-state index is 12.2. The van der Waals surface area contributed by atoms with Crippen molar-refractivity contribution in [3.8, 4) is 0 Å². The van der Waals surface area contributed by atoms with Crippen LogP contribution in [0.3, 0.4) is 0 Å². The van der Waals surface area contributed by atoms with Gasteiger partial charge in [-0.3, -0.25) is 4.79 Å². The second-order valence-corrected chi connectivity index (χ2v) is 7.33. The SMILES string of the molecule is CCN(CC)c1nc2sc(C(=O)NO[C@@H]3CCCCO3)cc2s1. The fraction of sp³-hybridized carbons (Fsp3) is 0.600. The average molecular weight is 355 g/mol. The van der Waals surface area contributed by atoms with Gasteiger partial charge in [-0.2, -0.15) is 0 Å². The minimum Gasteiger partial charge on any atom is -0.350 e. The molecule has 6 nitrogen and oxygen atoms in total. The first kappa shape index (κ1) is 16.6. The number of hydroxylamine groups is 1. The third-order valence-electron chi connectivity index (χ3n) is 3.76. The molecule has 2 aromatic rings. The fourth-order valence-corrected chi connectivity index (χ4v) is 4.66. The molecule has 0 unspecified atom stereocenters. The zero-order chi connectivity index (χ0) is 16.2. The van der Waals surface area contributed by atoms with Crippen LogP contribution >= 0.6 is 22.7 Å². The quantitative estimate of drug-likeness (QED) is 0.805. The van der Waals surface area contributed by atoms with E-state index in [0.29, 0.717) is 11.5 Å². The Bertz CT molecular complexity index is 629. The summed E-state index contributed by atoms with van der Waals surface area (Å²) in [5.74, 6) is -0.237. The average Bonchev–Trinajstić information content (AvgIpc) is 3.14. The highest BCUT2D eigenvalue weighted by atomic mass is 32.1. The summed E-state index contributed by atoms with van der Waals surface area (Å²) in [6.07, 6.45) is 2.60. The van der Waals surface area contributed by atoms with Gasteiger partial charge < -0.3 is 9.64 Å². The number of carbonyl (C=O) groups is 1. The first-order valence-electron chi connectivity index (χ1n) is 7.94. The first-order valence-corrected chi connectivity index (χ1v) is 9.57. The van der Waals surface area contributed by atoms with E-state index < -0.39 is 0 Å². The molecule has 0 aliphatic carbocycles. The summed E-state index contributed by atoms with van der Waals surface area (Å²) < 4.78 is 6.46. The summed E-state index contributed by atoms with van der Waals surface area (Å²) in [5.41, 5.74) is 2.49. The molecule has 1 aliphatic rings. The zero-order valence-corrected chi connectivity index (χ0v) is 15.0. The molecule has 0 bridgehead atoms. The van der Waals surface area contributed by atoms with Crippen molar-refractivity contribution in [2.24, 2.45) is 0 Å². The van der Waals surface area contributed by atoms with Gasteiger partial charge in [0.25, 0.3) is 5.91 Å². The first-order chi connectivity index (χ1) is 11.2. The van der Waals surface area contributed by atoms with Gasteiger partial charge in [-0.05, 0) is 32.8 Å². The van der Waals surface area contributed by atoms with Crippen LogP contribution in [-0.2, 0) is 9.57 Å². The second-order valence-electron chi connectivity index (χ2n) is 5.29. The van der Waals surface area contributed by atoms with Gasteiger partial charge in [-0.1, -0.05) is 11.3 Å². The van der Waals surface area contributed by atoms with Gasteiger partial charge in [-0.15, -0.1) is 11.3 Å². The van der Waals surface area contributed by atoms with E-state index in [1.165, 1.54) is 11.3 Å². The number of rotatable bonds is 6. The predicted molar refractivity (Wildman–Crippen MR) is 93.2 cm³/mol. The van der Waals surface area contributed by atoms with Crippen molar-refractivity contribution in [2.45, 2.75) is 39.4 Å². The summed E-state index contributed by atoms with van der Waals surface area (Å²) in [4.78, 5) is 25.8. The smallest absolute Gasteiger partial charge is 0.285 e. The molecule has 2 aromatic heterocycles. The van der Waals surface area contributed by atoms with Crippen LogP contribution in [0.25, 0.3) is 9.53 Å². The summed E-state index contributed by atoms with van der Waals surface area (Å²) in [5, 5.41) is 1.01. The minimum absolute atomic E-state index is 0.237. The van der Waals surface area contributed by atoms with Crippen molar-refractivity contribution >= 4 is 43.2 Å². The highest BCUT2D eigenvalue weighted by Crippen LogP contribution is 2.34. The molecule has 126 valence electrons. The van der Waals surface area contributed by atoms with Crippen molar-refractivity contribution < 1.29 is 14.4 Å². The number of fused-ring (bicyclic) bond motifs is 1. The second kappa shape index (κ2) is 7.57. The van der Waals surface area contributed by atoms with E-state index in [1.807, 2.05) is 6.07 Å². The number of hydrogen-bond acceptors (Lipinski definition) is 7. The molecule has 8 heteroatoms. The van der Waals surface area contributed by atoms with Gasteiger partial charge in [0, 0.05) is 26.1 Å². The number of nitrogens with one attached hydrogen (secondary N) is 1. The van der Waals surface area contributed by atoms with Gasteiger partial charge in [0.1, 0.15) is 4.83 Å². The molecule has 1 amide bonds. The van der Waals surface area contributed by atoms with Crippen molar-refractivity contribution in [1.29, 1.82) is 0 Å². The van der Waals surface area contributed by atoms with E-state index in [-0.39, 0.29) is 12.2 Å². The Morgan fingerprint density at radius 1 is 1.43 bits per heavy atom. The van der Waals surface area contributed by atoms with E-state index in [1.54, 1.807) is 11.3 Å². The number of hydrogen-bond donors (Lipinski definition) is 1. The highest BCUT2D eigenvalue weighted by Gasteiger charge is 2.19. The van der Waals surface area contributed by atoms with Gasteiger partial charge in [0.2, 0.25) is 0 Å².